The van der Waals surface area contributed by atoms with E-state index in [4.69, 9.17) is 4.42 Å². The van der Waals surface area contributed by atoms with E-state index in [0.717, 1.165) is 40.1 Å². The molecule has 2 heterocycles. The van der Waals surface area contributed by atoms with E-state index >= 15 is 0 Å². The van der Waals surface area contributed by atoms with Crippen LogP contribution in [0.1, 0.15) is 33.0 Å². The van der Waals surface area contributed by atoms with Crippen LogP contribution in [0.2, 0.25) is 0 Å². The van der Waals surface area contributed by atoms with Crippen LogP contribution in [0.15, 0.2) is 64.4 Å². The number of amides is 2. The predicted molar refractivity (Wildman–Crippen MR) is 104 cm³/mol. The van der Waals surface area contributed by atoms with E-state index in [1.165, 1.54) is 0 Å². The van der Waals surface area contributed by atoms with Crippen molar-refractivity contribution in [3.63, 3.8) is 0 Å². The lowest BCUT2D eigenvalue weighted by Gasteiger charge is -2.39. The third kappa shape index (κ3) is 2.96. The van der Waals surface area contributed by atoms with Crippen LogP contribution in [0.25, 0.3) is 16.5 Å². The fourth-order valence-corrected chi connectivity index (χ4v) is 3.46. The fraction of sp³-hybridized carbons (Fsp3) is 0.318. The molecule has 1 aromatic carbocycles. The topological polar surface area (TPSA) is 36.7 Å². The smallest absolute Gasteiger partial charge is 0.328 e. The van der Waals surface area contributed by atoms with Gasteiger partial charge in [0.05, 0.1) is 0 Å². The molecule has 0 unspecified atom stereocenters. The van der Waals surface area contributed by atoms with E-state index in [-0.39, 0.29) is 11.4 Å². The lowest BCUT2D eigenvalue weighted by atomic mass is 9.95. The zero-order valence-electron chi connectivity index (χ0n) is 15.7. The molecular formula is C22H24N2O2. The monoisotopic (exact) mass is 348 g/mol. The van der Waals surface area contributed by atoms with Crippen molar-refractivity contribution in [2.45, 2.75) is 27.2 Å². The summed E-state index contributed by atoms with van der Waals surface area (Å²) in [5, 5.41) is 1.08. The van der Waals surface area contributed by atoms with E-state index in [0.29, 0.717) is 6.54 Å². The summed E-state index contributed by atoms with van der Waals surface area (Å²) in [7, 11) is 1.85. The maximum atomic E-state index is 12.9. The van der Waals surface area contributed by atoms with Crippen molar-refractivity contribution in [3.05, 3.63) is 65.7 Å². The van der Waals surface area contributed by atoms with Crippen molar-refractivity contribution in [2.75, 3.05) is 13.6 Å². The zero-order chi connectivity index (χ0) is 18.5. The second-order valence-electron chi connectivity index (χ2n) is 8.23. The second-order valence-corrected chi connectivity index (χ2v) is 8.23. The van der Waals surface area contributed by atoms with Gasteiger partial charge in [0.1, 0.15) is 11.3 Å². The molecule has 4 heteroatoms. The lowest BCUT2D eigenvalue weighted by Crippen LogP contribution is -2.47. The minimum absolute atomic E-state index is 0.0305. The van der Waals surface area contributed by atoms with Gasteiger partial charge in [0.2, 0.25) is 0 Å². The van der Waals surface area contributed by atoms with Crippen LogP contribution < -0.4 is 0 Å². The Balaban J connectivity index is 1.76. The molecule has 0 atom stereocenters. The number of hydrogen-bond donors (Lipinski definition) is 0. The molecular weight excluding hydrogens is 324 g/mol. The van der Waals surface area contributed by atoms with E-state index in [9.17, 15) is 4.79 Å². The molecule has 1 aliphatic carbocycles. The molecule has 4 nitrogen and oxygen atoms in total. The first-order valence-electron chi connectivity index (χ1n) is 8.97. The molecule has 0 saturated carbocycles. The first-order chi connectivity index (χ1) is 12.3. The van der Waals surface area contributed by atoms with Gasteiger partial charge in [-0.2, -0.15) is 0 Å². The van der Waals surface area contributed by atoms with Crippen LogP contribution in [-0.2, 0) is 0 Å². The average molecular weight is 348 g/mol. The van der Waals surface area contributed by atoms with E-state index in [1.54, 1.807) is 4.90 Å². The summed E-state index contributed by atoms with van der Waals surface area (Å²) < 4.78 is 6.02. The van der Waals surface area contributed by atoms with Crippen molar-refractivity contribution in [1.29, 1.82) is 0 Å². The number of benzene rings is 1. The molecule has 2 bridgehead atoms. The molecule has 1 saturated heterocycles. The molecule has 134 valence electrons. The molecule has 0 N–H and O–H groups in total. The minimum atomic E-state index is 0.0305. The van der Waals surface area contributed by atoms with Crippen LogP contribution >= 0.6 is 0 Å². The Morgan fingerprint density at radius 2 is 1.88 bits per heavy atom. The number of fused-ring (bicyclic) bond motifs is 3. The normalized spacial score (nSPS) is 17.8. The summed E-state index contributed by atoms with van der Waals surface area (Å²) in [4.78, 5) is 16.5. The summed E-state index contributed by atoms with van der Waals surface area (Å²) in [6, 6.07) is 10.1. The maximum absolute atomic E-state index is 12.9. The van der Waals surface area contributed by atoms with E-state index in [1.807, 2.05) is 36.2 Å². The Kier molecular flexibility index (Phi) is 3.79. The Morgan fingerprint density at radius 3 is 2.62 bits per heavy atom. The van der Waals surface area contributed by atoms with Crippen LogP contribution in [0.3, 0.4) is 0 Å². The Hall–Kier alpha value is -2.75. The number of hydrogen-bond acceptors (Lipinski definition) is 2. The highest BCUT2D eigenvalue weighted by Crippen LogP contribution is 2.35. The molecule has 2 aromatic rings. The van der Waals surface area contributed by atoms with Gasteiger partial charge < -0.3 is 9.32 Å². The largest absolute Gasteiger partial charge is 0.456 e. The van der Waals surface area contributed by atoms with E-state index < -0.39 is 0 Å². The van der Waals surface area contributed by atoms with Crippen LogP contribution in [0, 0.1) is 5.41 Å². The number of urea groups is 1. The molecule has 4 rings (SSSR count). The highest BCUT2D eigenvalue weighted by Gasteiger charge is 2.33. The number of carbonyl (C=O) groups excluding carboxylic acids is 1. The predicted octanol–water partition coefficient (Wildman–Crippen LogP) is 5.40. The number of nitrogens with zero attached hydrogens (tertiary/aromatic N) is 2. The molecule has 1 aliphatic heterocycles. The Bertz CT molecular complexity index is 936. The third-order valence-corrected chi connectivity index (χ3v) is 4.78. The molecule has 26 heavy (non-hydrogen) atoms. The van der Waals surface area contributed by atoms with Gasteiger partial charge in [0.15, 0.2) is 0 Å². The van der Waals surface area contributed by atoms with Gasteiger partial charge in [-0.15, -0.1) is 0 Å². The number of allylic oxidation sites excluding steroid dienone is 4. The van der Waals surface area contributed by atoms with Gasteiger partial charge >= 0.3 is 6.03 Å². The molecule has 1 fully saturated rings. The average Bonchev–Trinajstić information content (AvgIpc) is 2.90. The number of furan rings is 1. The summed E-state index contributed by atoms with van der Waals surface area (Å²) in [6.45, 7) is 7.15. The first kappa shape index (κ1) is 16.7. The van der Waals surface area contributed by atoms with Gasteiger partial charge in [-0.25, -0.2) is 4.79 Å². The van der Waals surface area contributed by atoms with Crippen molar-refractivity contribution in [1.82, 2.24) is 9.80 Å². The molecule has 2 aliphatic rings. The quantitative estimate of drug-likeness (QED) is 0.728. The van der Waals surface area contributed by atoms with Crippen molar-refractivity contribution < 1.29 is 9.21 Å². The van der Waals surface area contributed by atoms with Gasteiger partial charge in [-0.3, -0.25) is 4.90 Å². The number of carbonyl (C=O) groups is 1. The van der Waals surface area contributed by atoms with Crippen molar-refractivity contribution in [3.8, 4) is 0 Å². The number of para-hydroxylation sites is 1. The first-order valence-corrected chi connectivity index (χ1v) is 8.97. The van der Waals surface area contributed by atoms with Gasteiger partial charge in [-0.05, 0) is 35.8 Å². The number of rotatable bonds is 2. The zero-order valence-corrected chi connectivity index (χ0v) is 15.7. The highest BCUT2D eigenvalue weighted by molar-refractivity contribution is 5.87. The Morgan fingerprint density at radius 1 is 1.12 bits per heavy atom. The summed E-state index contributed by atoms with van der Waals surface area (Å²) in [5.41, 5.74) is 3.94. The summed E-state index contributed by atoms with van der Waals surface area (Å²) in [5.74, 6) is 0.825. The standard InChI is InChI=1S/C22H24N2O2/c1-22(2,3)14-24-17-10-9-16(11-18(13-17)23(4)21(24)25)20-12-15-7-5-6-8-19(15)26-20/h5-12H,13-14H2,1-4H3. The minimum Gasteiger partial charge on any atom is -0.456 e. The molecule has 0 radical (unpaired) electrons. The second kappa shape index (κ2) is 5.90. The molecule has 0 spiro atoms. The highest BCUT2D eigenvalue weighted by atomic mass is 16.3. The Labute approximate surface area is 154 Å². The molecule has 1 aromatic heterocycles. The van der Waals surface area contributed by atoms with Crippen LogP contribution in [0.5, 0.6) is 0 Å². The summed E-state index contributed by atoms with van der Waals surface area (Å²) >= 11 is 0. The fourth-order valence-electron chi connectivity index (χ4n) is 3.46. The van der Waals surface area contributed by atoms with Crippen LogP contribution in [-0.4, -0.2) is 29.4 Å². The van der Waals surface area contributed by atoms with Crippen molar-refractivity contribution >= 4 is 22.6 Å². The SMILES string of the molecule is CN1C(=O)N(CC(C)(C)C)C2=CC=C(c3cc4ccccc4o3)C=C1C2. The lowest BCUT2D eigenvalue weighted by molar-refractivity contribution is 0.156. The molecule has 2 amide bonds. The maximum Gasteiger partial charge on any atom is 0.328 e. The summed E-state index contributed by atoms with van der Waals surface area (Å²) in [6.07, 6.45) is 6.93. The van der Waals surface area contributed by atoms with Gasteiger partial charge in [-0.1, -0.05) is 39.0 Å². The van der Waals surface area contributed by atoms with Gasteiger partial charge in [0, 0.05) is 42.4 Å². The van der Waals surface area contributed by atoms with Crippen molar-refractivity contribution in [2.24, 2.45) is 5.41 Å². The third-order valence-electron chi connectivity index (χ3n) is 4.78. The van der Waals surface area contributed by atoms with E-state index in [2.05, 4.69) is 45.1 Å². The van der Waals surface area contributed by atoms with Crippen LogP contribution in [0.4, 0.5) is 4.79 Å². The van der Waals surface area contributed by atoms with Gasteiger partial charge in [0.25, 0.3) is 0 Å².